The number of carboxylic acid groups (broad SMARTS) is 1. The zero-order valence-electron chi connectivity index (χ0n) is 10.8. The van der Waals surface area contributed by atoms with Gasteiger partial charge in [-0.3, -0.25) is 9.48 Å². The largest absolute Gasteiger partial charge is 0.493 e. The fourth-order valence-electron chi connectivity index (χ4n) is 2.45. The van der Waals surface area contributed by atoms with Crippen molar-refractivity contribution in [3.05, 3.63) is 11.9 Å². The van der Waals surface area contributed by atoms with Crippen molar-refractivity contribution >= 4 is 5.97 Å². The zero-order chi connectivity index (χ0) is 13.5. The van der Waals surface area contributed by atoms with Crippen molar-refractivity contribution in [2.45, 2.75) is 38.3 Å². The second kappa shape index (κ2) is 4.28. The van der Waals surface area contributed by atoms with Crippen LogP contribution >= 0.6 is 0 Å². The molecule has 6 heteroatoms. The number of hydrogen-bond acceptors (Lipinski definition) is 4. The summed E-state index contributed by atoms with van der Waals surface area (Å²) in [5.74, 6) is -0.848. The van der Waals surface area contributed by atoms with Crippen molar-refractivity contribution in [3.8, 4) is 5.75 Å². The summed E-state index contributed by atoms with van der Waals surface area (Å²) < 4.78 is 6.89. The van der Waals surface area contributed by atoms with Gasteiger partial charge in [0.15, 0.2) is 5.75 Å². The fourth-order valence-corrected chi connectivity index (χ4v) is 2.45. The molecule has 0 spiro atoms. The second-order valence-corrected chi connectivity index (χ2v) is 5.07. The number of methoxy groups -OCH3 is 1. The van der Waals surface area contributed by atoms with Crippen molar-refractivity contribution in [2.75, 3.05) is 7.11 Å². The van der Waals surface area contributed by atoms with Crippen LogP contribution in [0.1, 0.15) is 38.4 Å². The Hall–Kier alpha value is -1.56. The van der Waals surface area contributed by atoms with Crippen LogP contribution in [0.3, 0.4) is 0 Å². The van der Waals surface area contributed by atoms with E-state index in [0.717, 1.165) is 0 Å². The first-order valence-electron chi connectivity index (χ1n) is 5.96. The lowest BCUT2D eigenvalue weighted by molar-refractivity contribution is -0.160. The first-order valence-corrected chi connectivity index (χ1v) is 5.96. The Morgan fingerprint density at radius 1 is 1.61 bits per heavy atom. The molecule has 0 atom stereocenters. The Bertz CT molecular complexity index is 461. The molecule has 0 bridgehead atoms. The Morgan fingerprint density at radius 2 is 2.22 bits per heavy atom. The van der Waals surface area contributed by atoms with E-state index in [1.165, 1.54) is 7.11 Å². The molecule has 0 aromatic carbocycles. The maximum Gasteiger partial charge on any atom is 0.306 e. The van der Waals surface area contributed by atoms with Gasteiger partial charge in [0.25, 0.3) is 0 Å². The molecule has 1 aromatic heterocycles. The van der Waals surface area contributed by atoms with Gasteiger partial charge in [0.05, 0.1) is 19.2 Å². The van der Waals surface area contributed by atoms with Crippen molar-refractivity contribution in [1.82, 2.24) is 9.78 Å². The molecule has 1 fully saturated rings. The van der Waals surface area contributed by atoms with Crippen molar-refractivity contribution in [2.24, 2.45) is 5.92 Å². The van der Waals surface area contributed by atoms with E-state index in [0.29, 0.717) is 11.4 Å². The van der Waals surface area contributed by atoms with Gasteiger partial charge in [-0.2, -0.15) is 5.10 Å². The minimum Gasteiger partial charge on any atom is -0.493 e. The van der Waals surface area contributed by atoms with Gasteiger partial charge in [0.1, 0.15) is 11.3 Å². The van der Waals surface area contributed by atoms with Crippen molar-refractivity contribution in [3.63, 3.8) is 0 Å². The van der Waals surface area contributed by atoms with E-state index in [-0.39, 0.29) is 18.9 Å². The van der Waals surface area contributed by atoms with Crippen LogP contribution in [0.4, 0.5) is 0 Å². The van der Waals surface area contributed by atoms with Crippen LogP contribution in [-0.2, 0) is 10.4 Å². The van der Waals surface area contributed by atoms with E-state index >= 15 is 0 Å². The Labute approximate surface area is 105 Å². The molecule has 1 aromatic rings. The number of nitrogens with zero attached hydrogens (tertiary/aromatic N) is 2. The predicted molar refractivity (Wildman–Crippen MR) is 63.4 cm³/mol. The molecule has 2 rings (SSSR count). The van der Waals surface area contributed by atoms with Gasteiger partial charge in [0, 0.05) is 6.04 Å². The molecule has 0 aliphatic heterocycles. The number of carboxylic acids is 1. The normalized spacial score (nSPS) is 27.1. The monoisotopic (exact) mass is 254 g/mol. The van der Waals surface area contributed by atoms with Crippen LogP contribution < -0.4 is 4.74 Å². The highest BCUT2D eigenvalue weighted by atomic mass is 16.5. The molecule has 6 nitrogen and oxygen atoms in total. The lowest BCUT2D eigenvalue weighted by Crippen LogP contribution is -2.46. The summed E-state index contributed by atoms with van der Waals surface area (Å²) in [7, 11) is 1.52. The second-order valence-electron chi connectivity index (χ2n) is 5.07. The van der Waals surface area contributed by atoms with Crippen LogP contribution in [0.5, 0.6) is 5.75 Å². The number of rotatable bonds is 4. The SMILES string of the molecule is COc1cnn(C(C)C)c1C1(O)CC(C(=O)O)C1. The van der Waals surface area contributed by atoms with Crippen LogP contribution in [-0.4, -0.2) is 33.1 Å². The quantitative estimate of drug-likeness (QED) is 0.842. The molecule has 0 saturated heterocycles. The molecule has 1 saturated carbocycles. The number of aromatic nitrogens is 2. The van der Waals surface area contributed by atoms with E-state index < -0.39 is 17.5 Å². The molecule has 18 heavy (non-hydrogen) atoms. The summed E-state index contributed by atoms with van der Waals surface area (Å²) in [6.45, 7) is 3.90. The van der Waals surface area contributed by atoms with E-state index in [9.17, 15) is 9.90 Å². The molecule has 1 heterocycles. The van der Waals surface area contributed by atoms with Gasteiger partial charge in [-0.25, -0.2) is 0 Å². The van der Waals surface area contributed by atoms with Crippen molar-refractivity contribution in [1.29, 1.82) is 0 Å². The van der Waals surface area contributed by atoms with Gasteiger partial charge in [-0.15, -0.1) is 0 Å². The number of aliphatic hydroxyl groups is 1. The van der Waals surface area contributed by atoms with Crippen LogP contribution in [0.15, 0.2) is 6.20 Å². The van der Waals surface area contributed by atoms with Gasteiger partial charge < -0.3 is 14.9 Å². The van der Waals surface area contributed by atoms with Crippen LogP contribution in [0.25, 0.3) is 0 Å². The minimum absolute atomic E-state index is 0.0804. The summed E-state index contributed by atoms with van der Waals surface area (Å²) in [4.78, 5) is 10.8. The topological polar surface area (TPSA) is 84.6 Å². The molecule has 1 aliphatic rings. The standard InChI is InChI=1S/C12H18N2O4/c1-7(2)14-10(9(18-3)6-13-14)12(17)4-8(5-12)11(15)16/h6-8,17H,4-5H2,1-3H3,(H,15,16). The zero-order valence-corrected chi connectivity index (χ0v) is 10.8. The first kappa shape index (κ1) is 12.9. The highest BCUT2D eigenvalue weighted by molar-refractivity contribution is 5.72. The van der Waals surface area contributed by atoms with Gasteiger partial charge >= 0.3 is 5.97 Å². The maximum atomic E-state index is 10.8. The van der Waals surface area contributed by atoms with Gasteiger partial charge in [0.2, 0.25) is 0 Å². The molecule has 2 N–H and O–H groups in total. The fraction of sp³-hybridized carbons (Fsp3) is 0.667. The maximum absolute atomic E-state index is 10.8. The summed E-state index contributed by atoms with van der Waals surface area (Å²) in [5, 5.41) is 23.6. The third-order valence-corrected chi connectivity index (χ3v) is 3.43. The molecule has 0 amide bonds. The van der Waals surface area contributed by atoms with E-state index in [1.54, 1.807) is 10.9 Å². The summed E-state index contributed by atoms with van der Waals surface area (Å²) in [6, 6.07) is 0.0804. The molecule has 0 radical (unpaired) electrons. The van der Waals surface area contributed by atoms with Crippen molar-refractivity contribution < 1.29 is 19.7 Å². The number of hydrogen-bond donors (Lipinski definition) is 2. The first-order chi connectivity index (χ1) is 8.39. The number of ether oxygens (including phenoxy) is 1. The molecule has 0 unspecified atom stereocenters. The Kier molecular flexibility index (Phi) is 3.06. The molecule has 1 aliphatic carbocycles. The third kappa shape index (κ3) is 1.86. The van der Waals surface area contributed by atoms with Crippen LogP contribution in [0.2, 0.25) is 0 Å². The average Bonchev–Trinajstić information content (AvgIpc) is 2.68. The van der Waals surface area contributed by atoms with Crippen LogP contribution in [0, 0.1) is 5.92 Å². The van der Waals surface area contributed by atoms with E-state index in [2.05, 4.69) is 5.10 Å². The van der Waals surface area contributed by atoms with E-state index in [4.69, 9.17) is 9.84 Å². The number of carbonyl (C=O) groups is 1. The Morgan fingerprint density at radius 3 is 2.67 bits per heavy atom. The molecular weight excluding hydrogens is 236 g/mol. The Balaban J connectivity index is 2.33. The van der Waals surface area contributed by atoms with Gasteiger partial charge in [-0.1, -0.05) is 0 Å². The summed E-state index contributed by atoms with van der Waals surface area (Å²) >= 11 is 0. The number of aliphatic carboxylic acids is 1. The van der Waals surface area contributed by atoms with E-state index in [1.807, 2.05) is 13.8 Å². The highest BCUT2D eigenvalue weighted by Gasteiger charge is 2.51. The summed E-state index contributed by atoms with van der Waals surface area (Å²) in [6.07, 6.45) is 1.97. The smallest absolute Gasteiger partial charge is 0.306 e. The lowest BCUT2D eigenvalue weighted by atomic mass is 9.69. The highest BCUT2D eigenvalue weighted by Crippen LogP contribution is 2.49. The molecule has 100 valence electrons. The molecular formula is C12H18N2O4. The average molecular weight is 254 g/mol. The lowest BCUT2D eigenvalue weighted by Gasteiger charge is -2.42. The van der Waals surface area contributed by atoms with Gasteiger partial charge in [-0.05, 0) is 26.7 Å². The minimum atomic E-state index is -1.14. The third-order valence-electron chi connectivity index (χ3n) is 3.43. The summed E-state index contributed by atoms with van der Waals surface area (Å²) in [5.41, 5.74) is -0.563. The predicted octanol–water partition coefficient (Wildman–Crippen LogP) is 1.15.